The first-order chi connectivity index (χ1) is 18.5. The van der Waals surface area contributed by atoms with Gasteiger partial charge in [0.1, 0.15) is 0 Å². The molecule has 0 fully saturated rings. The first-order valence-corrected chi connectivity index (χ1v) is 16.6. The van der Waals surface area contributed by atoms with Gasteiger partial charge in [0.25, 0.3) is 0 Å². The molecule has 0 aliphatic carbocycles. The minimum Gasteiger partial charge on any atom is -0.103 e. The molecule has 0 rings (SSSR count). The quantitative estimate of drug-likeness (QED) is 0.0924. The molecule has 0 heterocycles. The topological polar surface area (TPSA) is 0 Å². The molecule has 0 saturated heterocycles. The van der Waals surface area contributed by atoms with Crippen LogP contribution in [0.1, 0.15) is 171 Å². The highest BCUT2D eigenvalue weighted by Crippen LogP contribution is 2.41. The van der Waals surface area contributed by atoms with Gasteiger partial charge in [0.15, 0.2) is 0 Å². The van der Waals surface area contributed by atoms with Crippen LogP contribution < -0.4 is 0 Å². The van der Waals surface area contributed by atoms with Crippen LogP contribution in [-0.4, -0.2) is 0 Å². The number of rotatable bonds is 23. The average molecular weight is 523 g/mol. The SMILES string of the molecule is C=CC/C(CCC)=C(CCC)/C(CCC)=C(CCC)/C(CCC)=C(CCC)/C(CCC)=C(/CC=C)CCC. The van der Waals surface area contributed by atoms with Crippen molar-refractivity contribution in [2.45, 2.75) is 171 Å². The summed E-state index contributed by atoms with van der Waals surface area (Å²) in [6, 6.07) is 0. The van der Waals surface area contributed by atoms with E-state index in [9.17, 15) is 0 Å². The van der Waals surface area contributed by atoms with Crippen LogP contribution in [0.3, 0.4) is 0 Å². The lowest BCUT2D eigenvalue weighted by Gasteiger charge is -2.27. The fourth-order valence-electron chi connectivity index (χ4n) is 6.22. The molecule has 0 aliphatic heterocycles. The molecular weight excluding hydrogens is 456 g/mol. The van der Waals surface area contributed by atoms with Gasteiger partial charge in [-0.3, -0.25) is 0 Å². The van der Waals surface area contributed by atoms with E-state index in [0.29, 0.717) is 0 Å². The lowest BCUT2D eigenvalue weighted by Crippen LogP contribution is -2.08. The van der Waals surface area contributed by atoms with Gasteiger partial charge in [0.05, 0.1) is 0 Å². The van der Waals surface area contributed by atoms with E-state index in [4.69, 9.17) is 0 Å². The van der Waals surface area contributed by atoms with E-state index in [1.165, 1.54) is 103 Å². The fraction of sp³-hybridized carbons (Fsp3) is 0.684. The Morgan fingerprint density at radius 2 is 0.553 bits per heavy atom. The predicted molar refractivity (Wildman–Crippen MR) is 177 cm³/mol. The van der Waals surface area contributed by atoms with Crippen molar-refractivity contribution in [1.82, 2.24) is 0 Å². The Hall–Kier alpha value is -1.56. The Balaban J connectivity index is 8.02. The summed E-state index contributed by atoms with van der Waals surface area (Å²) in [7, 11) is 0. The van der Waals surface area contributed by atoms with E-state index in [0.717, 1.165) is 12.8 Å². The standard InChI is InChI=1S/C38H66/c1-11-21-31(22-12-2)33(25-15-5)35(27-17-7)37(29-19-9)38(30-20-10)36(28-18-8)34(26-16-6)32(23-13-3)24-14-4/h11,13H,1,3,12,14-30H2,2,4-10H3/b33-31-,34-32-,37-35+,38-36+. The van der Waals surface area contributed by atoms with Gasteiger partial charge >= 0.3 is 0 Å². The largest absolute Gasteiger partial charge is 0.103 e. The number of allylic oxidation sites excluding steroid dienone is 10. The fourth-order valence-corrected chi connectivity index (χ4v) is 6.22. The first kappa shape index (κ1) is 36.4. The van der Waals surface area contributed by atoms with E-state index in [1.807, 2.05) is 0 Å². The van der Waals surface area contributed by atoms with Gasteiger partial charge in [-0.1, -0.05) is 130 Å². The van der Waals surface area contributed by atoms with Crippen LogP contribution in [0.2, 0.25) is 0 Å². The Morgan fingerprint density at radius 1 is 0.342 bits per heavy atom. The van der Waals surface area contributed by atoms with Crippen molar-refractivity contribution in [2.24, 2.45) is 0 Å². The summed E-state index contributed by atoms with van der Waals surface area (Å²) >= 11 is 0. The number of hydrogen-bond donors (Lipinski definition) is 0. The maximum Gasteiger partial charge on any atom is -0.0136 e. The molecule has 0 atom stereocenters. The highest BCUT2D eigenvalue weighted by Gasteiger charge is 2.22. The van der Waals surface area contributed by atoms with Crippen LogP contribution in [-0.2, 0) is 0 Å². The van der Waals surface area contributed by atoms with E-state index in [1.54, 1.807) is 44.6 Å². The van der Waals surface area contributed by atoms with Crippen LogP contribution in [0.15, 0.2) is 69.9 Å². The second-order valence-electron chi connectivity index (χ2n) is 11.1. The zero-order valence-electron chi connectivity index (χ0n) is 27.3. The Labute approximate surface area is 240 Å². The van der Waals surface area contributed by atoms with Gasteiger partial charge in [-0.15, -0.1) is 13.2 Å². The Kier molecular flexibility index (Phi) is 22.4. The van der Waals surface area contributed by atoms with Crippen LogP contribution in [0.4, 0.5) is 0 Å². The third-order valence-corrected chi connectivity index (χ3v) is 7.56. The van der Waals surface area contributed by atoms with Crippen LogP contribution in [0, 0.1) is 0 Å². The lowest BCUT2D eigenvalue weighted by atomic mass is 9.78. The summed E-state index contributed by atoms with van der Waals surface area (Å²) in [5, 5.41) is 0. The Morgan fingerprint density at radius 3 is 0.763 bits per heavy atom. The summed E-state index contributed by atoms with van der Waals surface area (Å²) in [5.41, 5.74) is 13.5. The molecule has 0 nitrogen and oxygen atoms in total. The summed E-state index contributed by atoms with van der Waals surface area (Å²) in [4.78, 5) is 0. The molecule has 0 heteroatoms. The molecule has 0 N–H and O–H groups in total. The highest BCUT2D eigenvalue weighted by molar-refractivity contribution is 5.53. The van der Waals surface area contributed by atoms with Gasteiger partial charge in [-0.05, 0) is 97.6 Å². The van der Waals surface area contributed by atoms with Crippen molar-refractivity contribution < 1.29 is 0 Å². The molecule has 38 heavy (non-hydrogen) atoms. The maximum atomic E-state index is 4.15. The van der Waals surface area contributed by atoms with Crippen molar-refractivity contribution in [3.8, 4) is 0 Å². The molecule has 0 unspecified atom stereocenters. The molecule has 0 aromatic rings. The van der Waals surface area contributed by atoms with E-state index in [2.05, 4.69) is 80.7 Å². The van der Waals surface area contributed by atoms with Crippen molar-refractivity contribution >= 4 is 0 Å². The molecule has 0 saturated carbocycles. The van der Waals surface area contributed by atoms with E-state index >= 15 is 0 Å². The monoisotopic (exact) mass is 523 g/mol. The molecule has 0 aromatic carbocycles. The zero-order valence-corrected chi connectivity index (χ0v) is 27.3. The van der Waals surface area contributed by atoms with Crippen molar-refractivity contribution in [2.75, 3.05) is 0 Å². The second kappa shape index (κ2) is 23.3. The summed E-state index contributed by atoms with van der Waals surface area (Å²) in [6.07, 6.45) is 25.6. The minimum atomic E-state index is 1.03. The van der Waals surface area contributed by atoms with E-state index in [-0.39, 0.29) is 0 Å². The minimum absolute atomic E-state index is 1.03. The van der Waals surface area contributed by atoms with Gasteiger partial charge < -0.3 is 0 Å². The molecular formula is C38H66. The maximum absolute atomic E-state index is 4.15. The van der Waals surface area contributed by atoms with Crippen molar-refractivity contribution in [3.05, 3.63) is 69.9 Å². The van der Waals surface area contributed by atoms with Gasteiger partial charge in [-0.2, -0.15) is 0 Å². The summed E-state index contributed by atoms with van der Waals surface area (Å²) in [6.45, 7) is 27.2. The molecule has 218 valence electrons. The number of hydrogen-bond acceptors (Lipinski definition) is 0. The second-order valence-corrected chi connectivity index (χ2v) is 11.1. The van der Waals surface area contributed by atoms with Gasteiger partial charge in [0, 0.05) is 0 Å². The Bertz CT molecular complexity index is 724. The van der Waals surface area contributed by atoms with Crippen LogP contribution in [0.5, 0.6) is 0 Å². The lowest BCUT2D eigenvalue weighted by molar-refractivity contribution is 0.752. The predicted octanol–water partition coefficient (Wildman–Crippen LogP) is 13.7. The van der Waals surface area contributed by atoms with Crippen LogP contribution >= 0.6 is 0 Å². The zero-order chi connectivity index (χ0) is 28.8. The summed E-state index contributed by atoms with van der Waals surface area (Å²) in [5.74, 6) is 0. The third kappa shape index (κ3) is 12.1. The van der Waals surface area contributed by atoms with Gasteiger partial charge in [-0.25, -0.2) is 0 Å². The molecule has 0 aromatic heterocycles. The molecule has 0 amide bonds. The van der Waals surface area contributed by atoms with Gasteiger partial charge in [0.2, 0.25) is 0 Å². The summed E-state index contributed by atoms with van der Waals surface area (Å²) < 4.78 is 0. The smallest absolute Gasteiger partial charge is 0.0136 e. The van der Waals surface area contributed by atoms with Crippen molar-refractivity contribution in [1.29, 1.82) is 0 Å². The first-order valence-electron chi connectivity index (χ1n) is 16.6. The molecule has 0 radical (unpaired) electrons. The van der Waals surface area contributed by atoms with Crippen LogP contribution in [0.25, 0.3) is 0 Å². The molecule has 0 spiro atoms. The average Bonchev–Trinajstić information content (AvgIpc) is 2.90. The highest BCUT2D eigenvalue weighted by atomic mass is 14.3. The normalized spacial score (nSPS) is 14.4. The third-order valence-electron chi connectivity index (χ3n) is 7.56. The molecule has 0 bridgehead atoms. The van der Waals surface area contributed by atoms with Crippen molar-refractivity contribution in [3.63, 3.8) is 0 Å². The van der Waals surface area contributed by atoms with E-state index < -0.39 is 0 Å². The molecule has 0 aliphatic rings.